The summed E-state index contributed by atoms with van der Waals surface area (Å²) >= 11 is 0. The molecule has 0 saturated heterocycles. The number of rotatable bonds is 7. The van der Waals surface area contributed by atoms with Gasteiger partial charge in [0.25, 0.3) is 0 Å². The molecule has 0 aliphatic heterocycles. The van der Waals surface area contributed by atoms with Gasteiger partial charge in [0.2, 0.25) is 5.91 Å². The number of halogens is 1. The summed E-state index contributed by atoms with van der Waals surface area (Å²) in [4.78, 5) is 16.2. The summed E-state index contributed by atoms with van der Waals surface area (Å²) in [6.07, 6.45) is 0. The number of hydrogen-bond donors (Lipinski definition) is 4. The van der Waals surface area contributed by atoms with Crippen LogP contribution in [0, 0.1) is 5.82 Å². The molecule has 2 aromatic carbocycles. The third-order valence-electron chi connectivity index (χ3n) is 3.83. The van der Waals surface area contributed by atoms with Crippen LogP contribution in [-0.4, -0.2) is 36.6 Å². The summed E-state index contributed by atoms with van der Waals surface area (Å²) in [7, 11) is 0. The molecule has 6 nitrogen and oxygen atoms in total. The maximum absolute atomic E-state index is 13.2. The fraction of sp³-hybridized carbons (Fsp3) is 0.300. The molecule has 0 saturated carbocycles. The van der Waals surface area contributed by atoms with Crippen LogP contribution in [0.3, 0.4) is 0 Å². The summed E-state index contributed by atoms with van der Waals surface area (Å²) in [5.41, 5.74) is 0.0544. The van der Waals surface area contributed by atoms with E-state index in [0.29, 0.717) is 18.2 Å². The van der Waals surface area contributed by atoms with Crippen LogP contribution in [0.25, 0.3) is 0 Å². The molecular formula is C20H25FN4O2. The standard InChI is InChI=1S/C20H25FN4O2/c1-3-22-19(24-14-20(2,27)15-8-5-4-6-9-15)23-13-18(26)25-17-11-7-10-16(21)12-17/h4-12,27H,3,13-14H2,1-2H3,(H,25,26)(H2,22,23,24). The molecule has 0 bridgehead atoms. The molecule has 0 radical (unpaired) electrons. The van der Waals surface area contributed by atoms with Gasteiger partial charge in [0.1, 0.15) is 18.0 Å². The molecule has 1 unspecified atom stereocenters. The van der Waals surface area contributed by atoms with Crippen molar-refractivity contribution in [2.24, 2.45) is 4.99 Å². The molecule has 7 heteroatoms. The van der Waals surface area contributed by atoms with Crippen molar-refractivity contribution < 1.29 is 14.3 Å². The fourth-order valence-electron chi connectivity index (χ4n) is 2.41. The largest absolute Gasteiger partial charge is 0.384 e. The number of benzene rings is 2. The highest BCUT2D eigenvalue weighted by Gasteiger charge is 2.23. The number of nitrogens with zero attached hydrogens (tertiary/aromatic N) is 1. The topological polar surface area (TPSA) is 85.8 Å². The Labute approximate surface area is 158 Å². The van der Waals surface area contributed by atoms with Crippen LogP contribution in [0.15, 0.2) is 59.6 Å². The number of aliphatic imine (C=N–C) groups is 1. The number of amides is 1. The summed E-state index contributed by atoms with van der Waals surface area (Å²) in [6.45, 7) is 4.29. The van der Waals surface area contributed by atoms with E-state index in [1.807, 2.05) is 37.3 Å². The molecule has 2 rings (SSSR count). The molecule has 144 valence electrons. The van der Waals surface area contributed by atoms with Gasteiger partial charge in [-0.05, 0) is 37.6 Å². The summed E-state index contributed by atoms with van der Waals surface area (Å²) in [5.74, 6) is -0.384. The van der Waals surface area contributed by atoms with Crippen molar-refractivity contribution in [1.82, 2.24) is 10.6 Å². The summed E-state index contributed by atoms with van der Waals surface area (Å²) in [5, 5.41) is 19.3. The Morgan fingerprint density at radius 2 is 1.89 bits per heavy atom. The van der Waals surface area contributed by atoms with Gasteiger partial charge in [0.05, 0.1) is 6.54 Å². The van der Waals surface area contributed by atoms with E-state index < -0.39 is 11.4 Å². The molecule has 0 aliphatic rings. The lowest BCUT2D eigenvalue weighted by molar-refractivity contribution is -0.114. The van der Waals surface area contributed by atoms with Crippen molar-refractivity contribution in [2.75, 3.05) is 25.0 Å². The second kappa shape index (κ2) is 9.68. The van der Waals surface area contributed by atoms with Gasteiger partial charge in [-0.1, -0.05) is 36.4 Å². The molecule has 0 heterocycles. The van der Waals surface area contributed by atoms with Gasteiger partial charge in [-0.3, -0.25) is 4.79 Å². The van der Waals surface area contributed by atoms with Crippen molar-refractivity contribution in [2.45, 2.75) is 19.4 Å². The maximum Gasteiger partial charge on any atom is 0.246 e. The predicted molar refractivity (Wildman–Crippen MR) is 105 cm³/mol. The van der Waals surface area contributed by atoms with E-state index in [4.69, 9.17) is 0 Å². The maximum atomic E-state index is 13.2. The lowest BCUT2D eigenvalue weighted by Gasteiger charge is -2.25. The molecule has 0 spiro atoms. The lowest BCUT2D eigenvalue weighted by Crippen LogP contribution is -2.44. The van der Waals surface area contributed by atoms with Gasteiger partial charge in [-0.2, -0.15) is 0 Å². The first kappa shape index (κ1) is 20.4. The van der Waals surface area contributed by atoms with E-state index in [1.165, 1.54) is 18.2 Å². The Balaban J connectivity index is 1.94. The van der Waals surface area contributed by atoms with Crippen molar-refractivity contribution in [3.63, 3.8) is 0 Å². The monoisotopic (exact) mass is 372 g/mol. The van der Waals surface area contributed by atoms with Gasteiger partial charge in [0, 0.05) is 12.2 Å². The summed E-state index contributed by atoms with van der Waals surface area (Å²) in [6, 6.07) is 15.0. The molecule has 1 amide bonds. The normalized spacial score (nSPS) is 13.6. The van der Waals surface area contributed by atoms with Crippen molar-refractivity contribution in [1.29, 1.82) is 0 Å². The van der Waals surface area contributed by atoms with E-state index in [2.05, 4.69) is 20.9 Å². The Hall–Kier alpha value is -2.93. The van der Waals surface area contributed by atoms with Gasteiger partial charge in [-0.15, -0.1) is 0 Å². The first-order valence-corrected chi connectivity index (χ1v) is 8.76. The molecular weight excluding hydrogens is 347 g/mol. The highest BCUT2D eigenvalue weighted by atomic mass is 19.1. The first-order valence-electron chi connectivity index (χ1n) is 8.76. The number of carbonyl (C=O) groups excluding carboxylic acids is 1. The van der Waals surface area contributed by atoms with Crippen LogP contribution >= 0.6 is 0 Å². The Morgan fingerprint density at radius 3 is 2.56 bits per heavy atom. The number of carbonyl (C=O) groups is 1. The van der Waals surface area contributed by atoms with E-state index >= 15 is 0 Å². The van der Waals surface area contributed by atoms with Crippen LogP contribution < -0.4 is 16.0 Å². The number of guanidine groups is 1. The van der Waals surface area contributed by atoms with Crippen molar-refractivity contribution in [3.8, 4) is 0 Å². The Morgan fingerprint density at radius 1 is 1.15 bits per heavy atom. The number of anilines is 1. The number of hydrogen-bond acceptors (Lipinski definition) is 3. The van der Waals surface area contributed by atoms with Crippen LogP contribution in [-0.2, 0) is 10.4 Å². The first-order chi connectivity index (χ1) is 12.9. The minimum Gasteiger partial charge on any atom is -0.384 e. The highest BCUT2D eigenvalue weighted by molar-refractivity contribution is 5.94. The van der Waals surface area contributed by atoms with Crippen molar-refractivity contribution >= 4 is 17.6 Å². The number of aliphatic hydroxyl groups is 1. The fourth-order valence-corrected chi connectivity index (χ4v) is 2.41. The van der Waals surface area contributed by atoms with Gasteiger partial charge in [0.15, 0.2) is 5.96 Å². The zero-order valence-electron chi connectivity index (χ0n) is 15.5. The SMILES string of the molecule is CCNC(=NCC(=O)Nc1cccc(F)c1)NCC(C)(O)c1ccccc1. The third-order valence-corrected chi connectivity index (χ3v) is 3.83. The zero-order valence-corrected chi connectivity index (χ0v) is 15.5. The molecule has 0 aromatic heterocycles. The van der Waals surface area contributed by atoms with Crippen LogP contribution in [0.5, 0.6) is 0 Å². The van der Waals surface area contributed by atoms with Crippen molar-refractivity contribution in [3.05, 3.63) is 66.0 Å². The zero-order chi connectivity index (χ0) is 19.7. The van der Waals surface area contributed by atoms with Crippen LogP contribution in [0.4, 0.5) is 10.1 Å². The van der Waals surface area contributed by atoms with E-state index in [9.17, 15) is 14.3 Å². The average molecular weight is 372 g/mol. The molecule has 0 fully saturated rings. The summed E-state index contributed by atoms with van der Waals surface area (Å²) < 4.78 is 13.2. The minimum atomic E-state index is -1.10. The average Bonchev–Trinajstić information content (AvgIpc) is 2.65. The number of nitrogens with one attached hydrogen (secondary N) is 3. The second-order valence-electron chi connectivity index (χ2n) is 6.25. The highest BCUT2D eigenvalue weighted by Crippen LogP contribution is 2.18. The third kappa shape index (κ3) is 6.71. The second-order valence-corrected chi connectivity index (χ2v) is 6.25. The van der Waals surface area contributed by atoms with E-state index in [1.54, 1.807) is 13.0 Å². The molecule has 4 N–H and O–H groups in total. The molecule has 1 atom stereocenters. The smallest absolute Gasteiger partial charge is 0.246 e. The van der Waals surface area contributed by atoms with E-state index in [0.717, 1.165) is 5.56 Å². The Bertz CT molecular complexity index is 779. The van der Waals surface area contributed by atoms with Crippen LogP contribution in [0.1, 0.15) is 19.4 Å². The minimum absolute atomic E-state index is 0.140. The van der Waals surface area contributed by atoms with Crippen LogP contribution in [0.2, 0.25) is 0 Å². The Kier molecular flexibility index (Phi) is 7.31. The molecule has 27 heavy (non-hydrogen) atoms. The van der Waals surface area contributed by atoms with Gasteiger partial charge in [-0.25, -0.2) is 9.38 Å². The lowest BCUT2D eigenvalue weighted by atomic mass is 9.96. The van der Waals surface area contributed by atoms with E-state index in [-0.39, 0.29) is 19.0 Å². The quantitative estimate of drug-likeness (QED) is 0.444. The van der Waals surface area contributed by atoms with Gasteiger partial charge < -0.3 is 21.1 Å². The predicted octanol–water partition coefficient (Wildman–Crippen LogP) is 2.23. The van der Waals surface area contributed by atoms with Gasteiger partial charge >= 0.3 is 0 Å². The molecule has 0 aliphatic carbocycles. The molecule has 2 aromatic rings.